The quantitative estimate of drug-likeness (QED) is 0.764. The summed E-state index contributed by atoms with van der Waals surface area (Å²) in [4.78, 5) is 1.54. The highest BCUT2D eigenvalue weighted by Crippen LogP contribution is 2.45. The van der Waals surface area contributed by atoms with Crippen molar-refractivity contribution in [3.8, 4) is 0 Å². The van der Waals surface area contributed by atoms with Crippen LogP contribution in [0.15, 0.2) is 11.4 Å². The van der Waals surface area contributed by atoms with Gasteiger partial charge in [0.2, 0.25) is 0 Å². The molecule has 0 saturated carbocycles. The molecule has 2 atom stereocenters. The SMILES string of the molecule is CCC1(C)CNC1c1sccc1C. The van der Waals surface area contributed by atoms with Gasteiger partial charge in [-0.3, -0.25) is 0 Å². The van der Waals surface area contributed by atoms with E-state index in [1.807, 2.05) is 11.3 Å². The van der Waals surface area contributed by atoms with E-state index in [4.69, 9.17) is 0 Å². The van der Waals surface area contributed by atoms with Gasteiger partial charge in [-0.25, -0.2) is 0 Å². The summed E-state index contributed by atoms with van der Waals surface area (Å²) >= 11 is 1.89. The van der Waals surface area contributed by atoms with Crippen LogP contribution in [0.4, 0.5) is 0 Å². The van der Waals surface area contributed by atoms with E-state index >= 15 is 0 Å². The predicted octanol–water partition coefficient (Wildman–Crippen LogP) is 3.12. The summed E-state index contributed by atoms with van der Waals surface area (Å²) in [5.74, 6) is 0. The van der Waals surface area contributed by atoms with Gasteiger partial charge in [-0.2, -0.15) is 0 Å². The molecule has 13 heavy (non-hydrogen) atoms. The molecule has 0 amide bonds. The fourth-order valence-corrected chi connectivity index (χ4v) is 3.15. The lowest BCUT2D eigenvalue weighted by molar-refractivity contribution is 0.101. The van der Waals surface area contributed by atoms with Crippen molar-refractivity contribution in [2.45, 2.75) is 33.2 Å². The van der Waals surface area contributed by atoms with Gasteiger partial charge >= 0.3 is 0 Å². The first-order valence-electron chi connectivity index (χ1n) is 4.95. The van der Waals surface area contributed by atoms with Crippen LogP contribution in [-0.4, -0.2) is 6.54 Å². The maximum Gasteiger partial charge on any atom is 0.0484 e. The van der Waals surface area contributed by atoms with E-state index in [0.29, 0.717) is 11.5 Å². The van der Waals surface area contributed by atoms with Crippen molar-refractivity contribution in [1.82, 2.24) is 5.32 Å². The first kappa shape index (κ1) is 9.22. The fourth-order valence-electron chi connectivity index (χ4n) is 1.97. The van der Waals surface area contributed by atoms with E-state index in [-0.39, 0.29) is 0 Å². The van der Waals surface area contributed by atoms with Crippen molar-refractivity contribution in [2.75, 3.05) is 6.54 Å². The highest BCUT2D eigenvalue weighted by Gasteiger charge is 2.42. The summed E-state index contributed by atoms with van der Waals surface area (Å²) in [7, 11) is 0. The van der Waals surface area contributed by atoms with Gasteiger partial charge in [-0.05, 0) is 30.4 Å². The molecule has 2 rings (SSSR count). The molecule has 1 aromatic heterocycles. The van der Waals surface area contributed by atoms with Crippen molar-refractivity contribution in [1.29, 1.82) is 0 Å². The maximum absolute atomic E-state index is 3.54. The zero-order chi connectivity index (χ0) is 9.47. The van der Waals surface area contributed by atoms with Crippen LogP contribution in [0.2, 0.25) is 0 Å². The largest absolute Gasteiger partial charge is 0.308 e. The molecule has 0 aliphatic carbocycles. The molecule has 1 aliphatic heterocycles. The predicted molar refractivity (Wildman–Crippen MR) is 58.2 cm³/mol. The van der Waals surface area contributed by atoms with E-state index in [1.165, 1.54) is 23.4 Å². The van der Waals surface area contributed by atoms with E-state index < -0.39 is 0 Å². The molecule has 1 aromatic rings. The molecule has 1 nitrogen and oxygen atoms in total. The molecule has 2 unspecified atom stereocenters. The highest BCUT2D eigenvalue weighted by molar-refractivity contribution is 7.10. The molecule has 1 fully saturated rings. The summed E-state index contributed by atoms with van der Waals surface area (Å²) in [5.41, 5.74) is 1.94. The normalized spacial score (nSPS) is 33.0. The van der Waals surface area contributed by atoms with Crippen LogP contribution in [-0.2, 0) is 0 Å². The number of hydrogen-bond donors (Lipinski definition) is 1. The van der Waals surface area contributed by atoms with E-state index in [2.05, 4.69) is 37.5 Å². The minimum atomic E-state index is 0.496. The summed E-state index contributed by atoms with van der Waals surface area (Å²) in [6.07, 6.45) is 1.27. The third-order valence-corrected chi connectivity index (χ3v) is 4.46. The van der Waals surface area contributed by atoms with Crippen LogP contribution in [0, 0.1) is 12.3 Å². The van der Waals surface area contributed by atoms with E-state index in [0.717, 1.165) is 0 Å². The Labute approximate surface area is 84.2 Å². The van der Waals surface area contributed by atoms with Gasteiger partial charge in [0.15, 0.2) is 0 Å². The monoisotopic (exact) mass is 195 g/mol. The lowest BCUT2D eigenvalue weighted by Gasteiger charge is -2.47. The smallest absolute Gasteiger partial charge is 0.0484 e. The summed E-state index contributed by atoms with van der Waals surface area (Å²) < 4.78 is 0. The molecule has 1 N–H and O–H groups in total. The second-order valence-electron chi connectivity index (χ2n) is 4.29. The molecule has 0 bridgehead atoms. The Morgan fingerprint density at radius 3 is 2.85 bits per heavy atom. The molecule has 0 radical (unpaired) electrons. The Balaban J connectivity index is 2.24. The van der Waals surface area contributed by atoms with Gasteiger partial charge in [0.05, 0.1) is 0 Å². The summed E-state index contributed by atoms with van der Waals surface area (Å²) in [6, 6.07) is 2.83. The van der Waals surface area contributed by atoms with Gasteiger partial charge in [-0.1, -0.05) is 13.8 Å². The lowest BCUT2D eigenvalue weighted by atomic mass is 9.72. The number of aryl methyl sites for hydroxylation is 1. The number of thiophene rings is 1. The molecule has 72 valence electrons. The van der Waals surface area contributed by atoms with Crippen LogP contribution in [0.5, 0.6) is 0 Å². The summed E-state index contributed by atoms with van der Waals surface area (Å²) in [6.45, 7) is 8.05. The van der Waals surface area contributed by atoms with Crippen molar-refractivity contribution < 1.29 is 0 Å². The molecule has 0 spiro atoms. The molecule has 1 saturated heterocycles. The fraction of sp³-hybridized carbons (Fsp3) is 0.636. The van der Waals surface area contributed by atoms with Gasteiger partial charge in [0, 0.05) is 22.9 Å². The van der Waals surface area contributed by atoms with Crippen molar-refractivity contribution in [3.63, 3.8) is 0 Å². The zero-order valence-corrected chi connectivity index (χ0v) is 9.37. The Kier molecular flexibility index (Phi) is 2.20. The van der Waals surface area contributed by atoms with E-state index in [9.17, 15) is 0 Å². The van der Waals surface area contributed by atoms with Crippen molar-refractivity contribution in [3.05, 3.63) is 21.9 Å². The second kappa shape index (κ2) is 3.10. The minimum Gasteiger partial charge on any atom is -0.308 e. The second-order valence-corrected chi connectivity index (χ2v) is 5.24. The number of nitrogens with one attached hydrogen (secondary N) is 1. The van der Waals surface area contributed by atoms with Gasteiger partial charge in [0.25, 0.3) is 0 Å². The van der Waals surface area contributed by atoms with Crippen LogP contribution >= 0.6 is 11.3 Å². The van der Waals surface area contributed by atoms with Crippen LogP contribution in [0.25, 0.3) is 0 Å². The van der Waals surface area contributed by atoms with Crippen molar-refractivity contribution in [2.24, 2.45) is 5.41 Å². The molecule has 1 aliphatic rings. The summed E-state index contributed by atoms with van der Waals surface area (Å²) in [5, 5.41) is 5.74. The maximum atomic E-state index is 3.54. The Bertz CT molecular complexity index is 301. The first-order chi connectivity index (χ1) is 6.17. The van der Waals surface area contributed by atoms with Gasteiger partial charge in [-0.15, -0.1) is 11.3 Å². The number of rotatable bonds is 2. The topological polar surface area (TPSA) is 12.0 Å². The Morgan fingerprint density at radius 1 is 1.69 bits per heavy atom. The Morgan fingerprint density at radius 2 is 2.46 bits per heavy atom. The highest BCUT2D eigenvalue weighted by atomic mass is 32.1. The molecular weight excluding hydrogens is 178 g/mol. The molecular formula is C11H17NS. The molecule has 0 aromatic carbocycles. The number of hydrogen-bond acceptors (Lipinski definition) is 2. The van der Waals surface area contributed by atoms with Gasteiger partial charge < -0.3 is 5.32 Å². The van der Waals surface area contributed by atoms with E-state index in [1.54, 1.807) is 0 Å². The molecule has 2 heterocycles. The van der Waals surface area contributed by atoms with Crippen molar-refractivity contribution >= 4 is 11.3 Å². The zero-order valence-electron chi connectivity index (χ0n) is 8.55. The first-order valence-corrected chi connectivity index (χ1v) is 5.83. The van der Waals surface area contributed by atoms with Gasteiger partial charge in [0.1, 0.15) is 0 Å². The van der Waals surface area contributed by atoms with Crippen LogP contribution in [0.1, 0.15) is 36.8 Å². The Hall–Kier alpha value is -0.340. The standard InChI is InChI=1S/C11H17NS/c1-4-11(3)7-12-10(11)9-8(2)5-6-13-9/h5-6,10,12H,4,7H2,1-3H3. The van der Waals surface area contributed by atoms with Crippen LogP contribution < -0.4 is 5.32 Å². The third-order valence-electron chi connectivity index (χ3n) is 3.38. The van der Waals surface area contributed by atoms with Crippen LogP contribution in [0.3, 0.4) is 0 Å². The molecule has 2 heteroatoms. The third kappa shape index (κ3) is 1.32. The average Bonchev–Trinajstić information content (AvgIpc) is 2.49. The average molecular weight is 195 g/mol. The minimum absolute atomic E-state index is 0.496. The lowest BCUT2D eigenvalue weighted by Crippen LogP contribution is -2.53.